The summed E-state index contributed by atoms with van der Waals surface area (Å²) in [5.41, 5.74) is 2.86. The number of nitrogens with zero attached hydrogens (tertiary/aromatic N) is 1. The lowest BCUT2D eigenvalue weighted by Gasteiger charge is -2.29. The Bertz CT molecular complexity index is 1160. The summed E-state index contributed by atoms with van der Waals surface area (Å²) in [5, 5.41) is 10.8. The minimum Gasteiger partial charge on any atom is -0.496 e. The van der Waals surface area contributed by atoms with E-state index in [9.17, 15) is 14.7 Å². The number of carboxylic acid groups (broad SMARTS) is 1. The van der Waals surface area contributed by atoms with Crippen molar-refractivity contribution in [2.24, 2.45) is 0 Å². The second-order valence-corrected chi connectivity index (χ2v) is 8.45. The number of amides is 1. The van der Waals surface area contributed by atoms with Crippen LogP contribution in [0.3, 0.4) is 0 Å². The lowest BCUT2D eigenvalue weighted by molar-refractivity contribution is -0.141. The van der Waals surface area contributed by atoms with Crippen LogP contribution < -0.4 is 4.74 Å². The number of rotatable bonds is 5. The van der Waals surface area contributed by atoms with Gasteiger partial charge in [0, 0.05) is 21.2 Å². The van der Waals surface area contributed by atoms with Crippen molar-refractivity contribution in [1.29, 1.82) is 0 Å². The summed E-state index contributed by atoms with van der Waals surface area (Å²) in [7, 11) is 1.57. The molecule has 3 aromatic rings. The number of methoxy groups -OCH3 is 1. The van der Waals surface area contributed by atoms with E-state index in [4.69, 9.17) is 27.9 Å². The van der Waals surface area contributed by atoms with Gasteiger partial charge in [0.05, 0.1) is 13.2 Å². The monoisotopic (exact) mass is 469 g/mol. The Morgan fingerprint density at radius 2 is 1.72 bits per heavy atom. The van der Waals surface area contributed by atoms with Crippen molar-refractivity contribution in [2.45, 2.75) is 24.9 Å². The molecule has 1 amide bonds. The summed E-state index contributed by atoms with van der Waals surface area (Å²) in [6.45, 7) is 0. The Balaban J connectivity index is 1.67. The quantitative estimate of drug-likeness (QED) is 0.490. The molecule has 0 saturated carbocycles. The fourth-order valence-electron chi connectivity index (χ4n) is 4.23. The molecule has 0 spiro atoms. The third-order valence-electron chi connectivity index (χ3n) is 5.78. The predicted octanol–water partition coefficient (Wildman–Crippen LogP) is 6.10. The summed E-state index contributed by atoms with van der Waals surface area (Å²) in [6, 6.07) is 18.3. The molecule has 3 aromatic carbocycles. The number of hydrogen-bond acceptors (Lipinski definition) is 3. The highest BCUT2D eigenvalue weighted by molar-refractivity contribution is 6.31. The number of halogens is 2. The highest BCUT2D eigenvalue weighted by Gasteiger charge is 2.42. The molecule has 0 unspecified atom stereocenters. The van der Waals surface area contributed by atoms with Crippen molar-refractivity contribution in [3.05, 3.63) is 87.9 Å². The van der Waals surface area contributed by atoms with E-state index in [1.54, 1.807) is 37.4 Å². The standard InChI is InChI=1S/C25H21Cl2NO4/c1-32-23-14-17(26)10-11-18(23)15-6-8-16(9-7-15)24(29)28-21(12-13-22(28)25(30)31)19-4-2-3-5-20(19)27/h2-11,14,21-22H,12-13H2,1H3,(H,30,31)/t21-,22+/m1/s1. The van der Waals surface area contributed by atoms with Gasteiger partial charge < -0.3 is 14.7 Å². The van der Waals surface area contributed by atoms with E-state index in [0.717, 1.165) is 16.7 Å². The minimum atomic E-state index is -1.02. The van der Waals surface area contributed by atoms with Gasteiger partial charge in [0.25, 0.3) is 5.91 Å². The molecule has 0 aliphatic carbocycles. The Morgan fingerprint density at radius 3 is 2.38 bits per heavy atom. The molecule has 1 fully saturated rings. The maximum Gasteiger partial charge on any atom is 0.326 e. The van der Waals surface area contributed by atoms with E-state index in [-0.39, 0.29) is 5.91 Å². The fraction of sp³-hybridized carbons (Fsp3) is 0.200. The van der Waals surface area contributed by atoms with Gasteiger partial charge >= 0.3 is 5.97 Å². The molecule has 1 saturated heterocycles. The van der Waals surface area contributed by atoms with E-state index < -0.39 is 18.1 Å². The van der Waals surface area contributed by atoms with E-state index in [1.807, 2.05) is 36.4 Å². The van der Waals surface area contributed by atoms with Gasteiger partial charge in [0.15, 0.2) is 0 Å². The van der Waals surface area contributed by atoms with Crippen molar-refractivity contribution in [3.63, 3.8) is 0 Å². The molecule has 1 aliphatic rings. The van der Waals surface area contributed by atoms with Crippen LogP contribution >= 0.6 is 23.2 Å². The summed E-state index contributed by atoms with van der Waals surface area (Å²) in [6.07, 6.45) is 0.906. The van der Waals surface area contributed by atoms with Crippen molar-refractivity contribution in [3.8, 4) is 16.9 Å². The lowest BCUT2D eigenvalue weighted by Crippen LogP contribution is -2.41. The predicted molar refractivity (Wildman–Crippen MR) is 124 cm³/mol. The van der Waals surface area contributed by atoms with Gasteiger partial charge in [-0.3, -0.25) is 4.79 Å². The fourth-order valence-corrected chi connectivity index (χ4v) is 4.66. The molecule has 2 atom stereocenters. The maximum atomic E-state index is 13.4. The molecule has 7 heteroatoms. The van der Waals surface area contributed by atoms with Crippen LogP contribution in [-0.4, -0.2) is 35.0 Å². The van der Waals surface area contributed by atoms with E-state index >= 15 is 0 Å². The van der Waals surface area contributed by atoms with Gasteiger partial charge in [-0.1, -0.05) is 53.5 Å². The van der Waals surface area contributed by atoms with Crippen LogP contribution in [0.15, 0.2) is 66.7 Å². The normalized spacial score (nSPS) is 17.9. The van der Waals surface area contributed by atoms with Crippen LogP contribution in [0.5, 0.6) is 5.75 Å². The van der Waals surface area contributed by atoms with E-state index in [2.05, 4.69) is 0 Å². The number of carboxylic acids is 1. The number of ether oxygens (including phenoxy) is 1. The zero-order valence-corrected chi connectivity index (χ0v) is 18.8. The highest BCUT2D eigenvalue weighted by atomic mass is 35.5. The first-order valence-electron chi connectivity index (χ1n) is 10.1. The van der Waals surface area contributed by atoms with Crippen LogP contribution in [0.4, 0.5) is 0 Å². The Hall–Kier alpha value is -3.02. The molecule has 164 valence electrons. The average Bonchev–Trinajstić information content (AvgIpc) is 3.24. The van der Waals surface area contributed by atoms with E-state index in [1.165, 1.54) is 4.90 Å². The third-order valence-corrected chi connectivity index (χ3v) is 6.35. The number of hydrogen-bond donors (Lipinski definition) is 1. The Labute approximate surface area is 196 Å². The van der Waals surface area contributed by atoms with E-state index in [0.29, 0.717) is 34.2 Å². The second kappa shape index (κ2) is 9.23. The molecule has 32 heavy (non-hydrogen) atoms. The molecular weight excluding hydrogens is 449 g/mol. The molecule has 1 N–H and O–H groups in total. The maximum absolute atomic E-state index is 13.4. The average molecular weight is 470 g/mol. The topological polar surface area (TPSA) is 66.8 Å². The molecule has 0 bridgehead atoms. The van der Waals surface area contributed by atoms with Gasteiger partial charge in [0.1, 0.15) is 11.8 Å². The Kier molecular flexibility index (Phi) is 6.40. The first-order chi connectivity index (χ1) is 15.4. The molecule has 0 aromatic heterocycles. The van der Waals surface area contributed by atoms with Crippen molar-refractivity contribution in [2.75, 3.05) is 7.11 Å². The molecule has 0 radical (unpaired) electrons. The number of carbonyl (C=O) groups is 2. The van der Waals surface area contributed by atoms with Gasteiger partial charge in [-0.2, -0.15) is 0 Å². The second-order valence-electron chi connectivity index (χ2n) is 7.60. The summed E-state index contributed by atoms with van der Waals surface area (Å²) in [4.78, 5) is 26.8. The number of benzene rings is 3. The number of likely N-dealkylation sites (tertiary alicyclic amines) is 1. The Morgan fingerprint density at radius 1 is 1.00 bits per heavy atom. The summed E-state index contributed by atoms with van der Waals surface area (Å²) in [5.74, 6) is -0.731. The van der Waals surface area contributed by atoms with Crippen molar-refractivity contribution < 1.29 is 19.4 Å². The highest BCUT2D eigenvalue weighted by Crippen LogP contribution is 2.40. The number of aliphatic carboxylic acids is 1. The van der Waals surface area contributed by atoms with Crippen molar-refractivity contribution in [1.82, 2.24) is 4.90 Å². The number of carbonyl (C=O) groups excluding carboxylic acids is 1. The van der Waals surface area contributed by atoms with Crippen molar-refractivity contribution >= 4 is 35.1 Å². The zero-order chi connectivity index (χ0) is 22.8. The van der Waals surface area contributed by atoms with Gasteiger partial charge in [-0.25, -0.2) is 4.79 Å². The van der Waals surface area contributed by atoms with Crippen LogP contribution in [-0.2, 0) is 4.79 Å². The molecule has 1 heterocycles. The molecular formula is C25H21Cl2NO4. The van der Waals surface area contributed by atoms with Crippen LogP contribution in [0.1, 0.15) is 34.8 Å². The molecule has 5 nitrogen and oxygen atoms in total. The summed E-state index contributed by atoms with van der Waals surface area (Å²) < 4.78 is 5.42. The summed E-state index contributed by atoms with van der Waals surface area (Å²) >= 11 is 12.4. The van der Waals surface area contributed by atoms with Gasteiger partial charge in [-0.05, 0) is 60.4 Å². The van der Waals surface area contributed by atoms with Gasteiger partial charge in [-0.15, -0.1) is 0 Å². The largest absolute Gasteiger partial charge is 0.496 e. The first-order valence-corrected chi connectivity index (χ1v) is 10.9. The third kappa shape index (κ3) is 4.18. The lowest BCUT2D eigenvalue weighted by atomic mass is 10.0. The molecule has 1 aliphatic heterocycles. The van der Waals surface area contributed by atoms with Crippen LogP contribution in [0, 0.1) is 0 Å². The smallest absolute Gasteiger partial charge is 0.326 e. The SMILES string of the molecule is COc1cc(Cl)ccc1-c1ccc(C(=O)N2[C@@H](c3ccccc3Cl)CC[C@H]2C(=O)O)cc1. The molecule has 4 rings (SSSR count). The minimum absolute atomic E-state index is 0.338. The van der Waals surface area contributed by atoms with Crippen LogP contribution in [0.25, 0.3) is 11.1 Å². The van der Waals surface area contributed by atoms with Gasteiger partial charge in [0.2, 0.25) is 0 Å². The first kappa shape index (κ1) is 22.2. The zero-order valence-electron chi connectivity index (χ0n) is 17.3. The van der Waals surface area contributed by atoms with Crippen LogP contribution in [0.2, 0.25) is 10.0 Å².